The van der Waals surface area contributed by atoms with E-state index in [0.717, 1.165) is 24.4 Å². The lowest BCUT2D eigenvalue weighted by atomic mass is 10.0. The minimum absolute atomic E-state index is 0.281. The van der Waals surface area contributed by atoms with Gasteiger partial charge in [0.15, 0.2) is 0 Å². The summed E-state index contributed by atoms with van der Waals surface area (Å²) in [6.07, 6.45) is 3.90. The topological polar surface area (TPSA) is 39.1 Å². The van der Waals surface area contributed by atoms with Crippen molar-refractivity contribution in [2.45, 2.75) is 46.9 Å². The van der Waals surface area contributed by atoms with Crippen molar-refractivity contribution in [1.29, 1.82) is 0 Å². The molecule has 0 spiro atoms. The van der Waals surface area contributed by atoms with Crippen molar-refractivity contribution in [3.8, 4) is 5.75 Å². The van der Waals surface area contributed by atoms with Crippen LogP contribution in [0.25, 0.3) is 0 Å². The van der Waals surface area contributed by atoms with Crippen LogP contribution >= 0.6 is 0 Å². The monoisotopic (exact) mass is 287 g/mol. The summed E-state index contributed by atoms with van der Waals surface area (Å²) >= 11 is 0. The lowest BCUT2D eigenvalue weighted by molar-refractivity contribution is 0.299. The van der Waals surface area contributed by atoms with E-state index in [2.05, 4.69) is 56.3 Å². The quantitative estimate of drug-likeness (QED) is 0.847. The third-order valence-corrected chi connectivity index (χ3v) is 3.55. The highest BCUT2D eigenvalue weighted by Gasteiger charge is 2.11. The number of benzene rings is 1. The molecule has 1 atom stereocenters. The molecule has 0 fully saturated rings. The molecule has 1 unspecified atom stereocenters. The minimum Gasteiger partial charge on any atom is -0.488 e. The molecule has 0 aliphatic rings. The van der Waals surface area contributed by atoms with Crippen molar-refractivity contribution in [2.24, 2.45) is 0 Å². The van der Waals surface area contributed by atoms with E-state index in [-0.39, 0.29) is 6.04 Å². The summed E-state index contributed by atoms with van der Waals surface area (Å²) in [5.41, 5.74) is 3.51. The molecular formula is C17H25N3O. The molecule has 21 heavy (non-hydrogen) atoms. The molecule has 1 aromatic heterocycles. The number of hydrogen-bond donors (Lipinski definition) is 1. The van der Waals surface area contributed by atoms with Crippen molar-refractivity contribution < 1.29 is 4.74 Å². The van der Waals surface area contributed by atoms with E-state index >= 15 is 0 Å². The molecule has 1 heterocycles. The SMILES string of the molecule is CCNC(C)c1ccc(C)cc1OCc1cnn(CC)c1. The molecule has 0 saturated heterocycles. The first-order chi connectivity index (χ1) is 10.1. The standard InChI is InChI=1S/C17H25N3O/c1-5-18-14(4)16-8-7-13(3)9-17(16)21-12-15-10-19-20(6-2)11-15/h7-11,14,18H,5-6,12H2,1-4H3. The maximum atomic E-state index is 6.04. The van der Waals surface area contributed by atoms with E-state index in [9.17, 15) is 0 Å². The molecule has 1 N–H and O–H groups in total. The van der Waals surface area contributed by atoms with E-state index in [4.69, 9.17) is 4.74 Å². The van der Waals surface area contributed by atoms with Gasteiger partial charge in [0.2, 0.25) is 0 Å². The van der Waals surface area contributed by atoms with Gasteiger partial charge in [0, 0.05) is 29.9 Å². The number of aromatic nitrogens is 2. The molecule has 0 amide bonds. The Bertz CT molecular complexity index is 577. The van der Waals surface area contributed by atoms with Crippen LogP contribution in [0.3, 0.4) is 0 Å². The average Bonchev–Trinajstić information content (AvgIpc) is 2.93. The van der Waals surface area contributed by atoms with Gasteiger partial charge in [-0.3, -0.25) is 4.68 Å². The van der Waals surface area contributed by atoms with Crippen LogP contribution in [0.5, 0.6) is 5.75 Å². The third-order valence-electron chi connectivity index (χ3n) is 3.55. The van der Waals surface area contributed by atoms with Crippen molar-refractivity contribution >= 4 is 0 Å². The summed E-state index contributed by atoms with van der Waals surface area (Å²) < 4.78 is 7.95. The molecule has 2 rings (SSSR count). The Morgan fingerprint density at radius 3 is 2.81 bits per heavy atom. The van der Waals surface area contributed by atoms with Crippen molar-refractivity contribution in [3.63, 3.8) is 0 Å². The maximum Gasteiger partial charge on any atom is 0.124 e. The predicted molar refractivity (Wildman–Crippen MR) is 85.5 cm³/mol. The minimum atomic E-state index is 0.281. The van der Waals surface area contributed by atoms with Gasteiger partial charge in [-0.1, -0.05) is 19.1 Å². The van der Waals surface area contributed by atoms with E-state index in [0.29, 0.717) is 6.61 Å². The second-order valence-electron chi connectivity index (χ2n) is 5.31. The van der Waals surface area contributed by atoms with Gasteiger partial charge < -0.3 is 10.1 Å². The summed E-state index contributed by atoms with van der Waals surface area (Å²) in [4.78, 5) is 0. The summed E-state index contributed by atoms with van der Waals surface area (Å²) in [6.45, 7) is 10.8. The molecule has 0 bridgehead atoms. The van der Waals surface area contributed by atoms with Crippen LogP contribution in [0.2, 0.25) is 0 Å². The number of hydrogen-bond acceptors (Lipinski definition) is 3. The van der Waals surface area contributed by atoms with Gasteiger partial charge in [0.25, 0.3) is 0 Å². The van der Waals surface area contributed by atoms with Gasteiger partial charge in [0.1, 0.15) is 12.4 Å². The van der Waals surface area contributed by atoms with Crippen LogP contribution < -0.4 is 10.1 Å². The fraction of sp³-hybridized carbons (Fsp3) is 0.471. The van der Waals surface area contributed by atoms with Crippen LogP contribution in [0.15, 0.2) is 30.6 Å². The second kappa shape index (κ2) is 7.27. The molecule has 2 aromatic rings. The van der Waals surface area contributed by atoms with Crippen LogP contribution in [0.4, 0.5) is 0 Å². The van der Waals surface area contributed by atoms with E-state index < -0.39 is 0 Å². The number of rotatable bonds is 7. The number of ether oxygens (including phenoxy) is 1. The molecular weight excluding hydrogens is 262 g/mol. The molecule has 0 radical (unpaired) electrons. The zero-order valence-electron chi connectivity index (χ0n) is 13.4. The third kappa shape index (κ3) is 4.08. The summed E-state index contributed by atoms with van der Waals surface area (Å²) in [5.74, 6) is 0.952. The molecule has 1 aromatic carbocycles. The van der Waals surface area contributed by atoms with Crippen molar-refractivity contribution in [2.75, 3.05) is 6.54 Å². The van der Waals surface area contributed by atoms with Crippen LogP contribution in [0, 0.1) is 6.92 Å². The van der Waals surface area contributed by atoms with E-state index in [1.807, 2.05) is 17.1 Å². The van der Waals surface area contributed by atoms with Crippen molar-refractivity contribution in [3.05, 3.63) is 47.3 Å². The zero-order valence-corrected chi connectivity index (χ0v) is 13.4. The first-order valence-electron chi connectivity index (χ1n) is 7.62. The number of nitrogens with zero attached hydrogens (tertiary/aromatic N) is 2. The van der Waals surface area contributed by atoms with E-state index in [1.54, 1.807) is 0 Å². The summed E-state index contributed by atoms with van der Waals surface area (Å²) in [6, 6.07) is 6.66. The zero-order chi connectivity index (χ0) is 15.2. The lowest BCUT2D eigenvalue weighted by Crippen LogP contribution is -2.18. The van der Waals surface area contributed by atoms with Crippen LogP contribution in [-0.2, 0) is 13.2 Å². The first-order valence-corrected chi connectivity index (χ1v) is 7.62. The summed E-state index contributed by atoms with van der Waals surface area (Å²) in [5, 5.41) is 7.71. The Hall–Kier alpha value is -1.81. The van der Waals surface area contributed by atoms with Crippen LogP contribution in [0.1, 0.15) is 43.5 Å². The van der Waals surface area contributed by atoms with Gasteiger partial charge in [0.05, 0.1) is 6.20 Å². The normalized spacial score (nSPS) is 12.4. The molecule has 0 aliphatic heterocycles. The average molecular weight is 287 g/mol. The van der Waals surface area contributed by atoms with Crippen LogP contribution in [-0.4, -0.2) is 16.3 Å². The predicted octanol–water partition coefficient (Wildman–Crippen LogP) is 3.46. The molecule has 4 heteroatoms. The highest BCUT2D eigenvalue weighted by atomic mass is 16.5. The number of aryl methyl sites for hydroxylation is 2. The molecule has 4 nitrogen and oxygen atoms in total. The van der Waals surface area contributed by atoms with Crippen molar-refractivity contribution in [1.82, 2.24) is 15.1 Å². The Morgan fingerprint density at radius 1 is 1.33 bits per heavy atom. The molecule has 114 valence electrons. The van der Waals surface area contributed by atoms with Gasteiger partial charge in [-0.15, -0.1) is 0 Å². The lowest BCUT2D eigenvalue weighted by Gasteiger charge is -2.18. The van der Waals surface area contributed by atoms with Gasteiger partial charge in [-0.05, 0) is 38.9 Å². The number of nitrogens with one attached hydrogen (secondary N) is 1. The fourth-order valence-electron chi connectivity index (χ4n) is 2.36. The molecule has 0 saturated carbocycles. The van der Waals surface area contributed by atoms with Gasteiger partial charge in [-0.25, -0.2) is 0 Å². The van der Waals surface area contributed by atoms with E-state index in [1.165, 1.54) is 11.1 Å². The largest absolute Gasteiger partial charge is 0.488 e. The Morgan fingerprint density at radius 2 is 2.14 bits per heavy atom. The fourth-order valence-corrected chi connectivity index (χ4v) is 2.36. The van der Waals surface area contributed by atoms with Gasteiger partial charge >= 0.3 is 0 Å². The maximum absolute atomic E-state index is 6.04. The Labute approximate surface area is 127 Å². The second-order valence-corrected chi connectivity index (χ2v) is 5.31. The first kappa shape index (κ1) is 15.6. The smallest absolute Gasteiger partial charge is 0.124 e. The highest BCUT2D eigenvalue weighted by molar-refractivity contribution is 5.39. The summed E-state index contributed by atoms with van der Waals surface area (Å²) in [7, 11) is 0. The van der Waals surface area contributed by atoms with Gasteiger partial charge in [-0.2, -0.15) is 5.10 Å². The molecule has 0 aliphatic carbocycles. The Balaban J connectivity index is 2.12. The Kier molecular flexibility index (Phi) is 5.39. The highest BCUT2D eigenvalue weighted by Crippen LogP contribution is 2.27.